The van der Waals surface area contributed by atoms with Gasteiger partial charge in [-0.25, -0.2) is 4.79 Å². The number of carbonyl (C=O) groups is 1. The number of nitrogens with one attached hydrogen (secondary N) is 1. The van der Waals surface area contributed by atoms with Gasteiger partial charge in [0, 0.05) is 6.20 Å². The molecule has 0 bridgehead atoms. The molecule has 1 atom stereocenters. The third-order valence-electron chi connectivity index (χ3n) is 4.09. The Morgan fingerprint density at radius 3 is 2.29 bits per heavy atom. The van der Waals surface area contributed by atoms with Crippen LogP contribution in [-0.2, 0) is 9.16 Å². The highest BCUT2D eigenvalue weighted by Crippen LogP contribution is 2.39. The fourth-order valence-electron chi connectivity index (χ4n) is 1.80. The fraction of sp³-hybridized carbons (Fsp3) is 0.667. The minimum absolute atomic E-state index is 0.0753. The minimum Gasteiger partial charge on any atom is -0.444 e. The van der Waals surface area contributed by atoms with Gasteiger partial charge in [-0.1, -0.05) is 26.8 Å². The Morgan fingerprint density at radius 1 is 1.21 bits per heavy atom. The van der Waals surface area contributed by atoms with Crippen molar-refractivity contribution in [1.82, 2.24) is 10.3 Å². The van der Waals surface area contributed by atoms with Crippen molar-refractivity contribution in [3.8, 4) is 0 Å². The van der Waals surface area contributed by atoms with Crippen LogP contribution in [0.25, 0.3) is 0 Å². The van der Waals surface area contributed by atoms with Gasteiger partial charge in [-0.05, 0) is 51.0 Å². The number of rotatable bonds is 5. The van der Waals surface area contributed by atoms with E-state index in [1.807, 2.05) is 39.0 Å². The average Bonchev–Trinajstić information content (AvgIpc) is 2.41. The van der Waals surface area contributed by atoms with Crippen LogP contribution in [0.4, 0.5) is 4.79 Å². The summed E-state index contributed by atoms with van der Waals surface area (Å²) in [5, 5.41) is 2.88. The lowest BCUT2D eigenvalue weighted by atomic mass is 10.2. The predicted molar refractivity (Wildman–Crippen MR) is 99.5 cm³/mol. The van der Waals surface area contributed by atoms with Crippen LogP contribution in [-0.4, -0.2) is 31.5 Å². The Kier molecular flexibility index (Phi) is 6.58. The highest BCUT2D eigenvalue weighted by molar-refractivity contribution is 6.74. The SMILES string of the molecule is CC(C)(C)OC(=O)NCC(O[Si](C)(C)C(C)(C)C)c1ccccn1. The summed E-state index contributed by atoms with van der Waals surface area (Å²) >= 11 is 0. The van der Waals surface area contributed by atoms with Crippen LogP contribution in [0.2, 0.25) is 18.1 Å². The van der Waals surface area contributed by atoms with Gasteiger partial charge in [0.1, 0.15) is 11.7 Å². The molecule has 6 heteroatoms. The fourth-order valence-corrected chi connectivity index (χ4v) is 3.06. The largest absolute Gasteiger partial charge is 0.444 e. The Bertz CT molecular complexity index is 533. The second-order valence-corrected chi connectivity index (χ2v) is 13.3. The molecule has 5 nitrogen and oxygen atoms in total. The van der Waals surface area contributed by atoms with E-state index >= 15 is 0 Å². The number of ether oxygens (including phenoxy) is 1. The summed E-state index contributed by atoms with van der Waals surface area (Å²) in [6, 6.07) is 5.72. The summed E-state index contributed by atoms with van der Waals surface area (Å²) in [6.45, 7) is 16.8. The van der Waals surface area contributed by atoms with Crippen molar-refractivity contribution in [2.24, 2.45) is 0 Å². The van der Waals surface area contributed by atoms with Crippen molar-refractivity contribution in [2.45, 2.75) is 71.4 Å². The van der Waals surface area contributed by atoms with E-state index in [0.29, 0.717) is 6.54 Å². The molecule has 1 amide bonds. The molecule has 0 saturated heterocycles. The first-order chi connectivity index (χ1) is 10.8. The molecule has 1 aromatic heterocycles. The number of amides is 1. The van der Waals surface area contributed by atoms with Crippen molar-refractivity contribution in [3.63, 3.8) is 0 Å². The standard InChI is InChI=1S/C18H32N2O3Si/c1-17(2,3)22-16(21)20-13-15(14-11-9-10-12-19-14)23-24(7,8)18(4,5)6/h9-12,15H,13H2,1-8H3,(H,20,21). The lowest BCUT2D eigenvalue weighted by molar-refractivity contribution is 0.0495. The molecule has 0 radical (unpaired) electrons. The van der Waals surface area contributed by atoms with Crippen LogP contribution in [0.15, 0.2) is 24.4 Å². The van der Waals surface area contributed by atoms with Crippen molar-refractivity contribution in [3.05, 3.63) is 30.1 Å². The summed E-state index contributed by atoms with van der Waals surface area (Å²) in [6.07, 6.45) is 1.01. The van der Waals surface area contributed by atoms with E-state index in [2.05, 4.69) is 44.2 Å². The number of aromatic nitrogens is 1. The van der Waals surface area contributed by atoms with Gasteiger partial charge < -0.3 is 14.5 Å². The average molecular weight is 353 g/mol. The van der Waals surface area contributed by atoms with Crippen molar-refractivity contribution in [2.75, 3.05) is 6.54 Å². The van der Waals surface area contributed by atoms with Crippen LogP contribution in [0.3, 0.4) is 0 Å². The lowest BCUT2D eigenvalue weighted by Crippen LogP contribution is -2.44. The van der Waals surface area contributed by atoms with Gasteiger partial charge in [0.05, 0.1) is 12.2 Å². The maximum absolute atomic E-state index is 12.0. The number of hydrogen-bond donors (Lipinski definition) is 1. The normalized spacial score (nSPS) is 14.2. The van der Waals surface area contributed by atoms with E-state index in [1.54, 1.807) is 6.20 Å². The molecule has 136 valence electrons. The topological polar surface area (TPSA) is 60.5 Å². The Hall–Kier alpha value is -1.40. The second-order valence-electron chi connectivity index (χ2n) is 8.50. The summed E-state index contributed by atoms with van der Waals surface area (Å²) in [5.74, 6) is 0. The molecule has 0 aliphatic carbocycles. The molecule has 0 aromatic carbocycles. The quantitative estimate of drug-likeness (QED) is 0.782. The van der Waals surface area contributed by atoms with Gasteiger partial charge in [-0.2, -0.15) is 0 Å². The van der Waals surface area contributed by atoms with Gasteiger partial charge in [-0.15, -0.1) is 0 Å². The molecule has 24 heavy (non-hydrogen) atoms. The van der Waals surface area contributed by atoms with Crippen LogP contribution in [0.1, 0.15) is 53.3 Å². The molecule has 1 aromatic rings. The minimum atomic E-state index is -2.00. The predicted octanol–water partition coefficient (Wildman–Crippen LogP) is 4.67. The smallest absolute Gasteiger partial charge is 0.407 e. The summed E-state index contributed by atoms with van der Waals surface area (Å²) in [5.41, 5.74) is 0.295. The zero-order valence-electron chi connectivity index (χ0n) is 16.3. The maximum atomic E-state index is 12.0. The molecule has 1 unspecified atom stereocenters. The van der Waals surface area contributed by atoms with Crippen LogP contribution >= 0.6 is 0 Å². The van der Waals surface area contributed by atoms with Crippen LogP contribution < -0.4 is 5.32 Å². The van der Waals surface area contributed by atoms with Gasteiger partial charge in [0.2, 0.25) is 0 Å². The maximum Gasteiger partial charge on any atom is 0.407 e. The zero-order valence-corrected chi connectivity index (χ0v) is 17.3. The van der Waals surface area contributed by atoms with E-state index in [9.17, 15) is 4.79 Å². The molecule has 1 heterocycles. The third-order valence-corrected chi connectivity index (χ3v) is 8.58. The summed E-state index contributed by atoms with van der Waals surface area (Å²) < 4.78 is 11.8. The molecule has 0 aliphatic rings. The zero-order chi connectivity index (χ0) is 18.6. The first-order valence-electron chi connectivity index (χ1n) is 8.37. The highest BCUT2D eigenvalue weighted by atomic mass is 28.4. The van der Waals surface area contributed by atoms with Gasteiger partial charge in [0.15, 0.2) is 8.32 Å². The summed E-state index contributed by atoms with van der Waals surface area (Å²) in [4.78, 5) is 16.4. The number of nitrogens with zero attached hydrogens (tertiary/aromatic N) is 1. The monoisotopic (exact) mass is 352 g/mol. The molecular weight excluding hydrogens is 320 g/mol. The molecular formula is C18H32N2O3Si. The Labute approximate surface area is 147 Å². The lowest BCUT2D eigenvalue weighted by Gasteiger charge is -2.39. The first-order valence-corrected chi connectivity index (χ1v) is 11.3. The number of alkyl carbamates (subject to hydrolysis) is 1. The van der Waals surface area contributed by atoms with Crippen molar-refractivity contribution >= 4 is 14.4 Å². The van der Waals surface area contributed by atoms with E-state index < -0.39 is 20.0 Å². The van der Waals surface area contributed by atoms with Crippen molar-refractivity contribution in [1.29, 1.82) is 0 Å². The van der Waals surface area contributed by atoms with Gasteiger partial charge >= 0.3 is 6.09 Å². The molecule has 1 N–H and O–H groups in total. The molecule has 0 spiro atoms. The second kappa shape index (κ2) is 7.65. The van der Waals surface area contributed by atoms with E-state index in [4.69, 9.17) is 9.16 Å². The Balaban J connectivity index is 2.86. The van der Waals surface area contributed by atoms with Gasteiger partial charge in [-0.3, -0.25) is 4.98 Å². The molecule has 1 rings (SSSR count). The Morgan fingerprint density at radius 2 is 1.83 bits per heavy atom. The number of hydrogen-bond acceptors (Lipinski definition) is 4. The van der Waals surface area contributed by atoms with Gasteiger partial charge in [0.25, 0.3) is 0 Å². The number of carbonyl (C=O) groups excluding carboxylic acids is 1. The highest BCUT2D eigenvalue weighted by Gasteiger charge is 2.39. The molecule has 0 aliphatic heterocycles. The van der Waals surface area contributed by atoms with E-state index in [0.717, 1.165) is 5.69 Å². The molecule has 0 saturated carbocycles. The van der Waals surface area contributed by atoms with Crippen LogP contribution in [0, 0.1) is 0 Å². The first kappa shape index (κ1) is 20.6. The third kappa shape index (κ3) is 6.61. The van der Waals surface area contributed by atoms with Crippen molar-refractivity contribution < 1.29 is 14.0 Å². The molecule has 0 fully saturated rings. The summed E-state index contributed by atoms with van der Waals surface area (Å²) in [7, 11) is -2.00. The van der Waals surface area contributed by atoms with Crippen LogP contribution in [0.5, 0.6) is 0 Å². The number of pyridine rings is 1. The van der Waals surface area contributed by atoms with E-state index in [-0.39, 0.29) is 11.1 Å². The van der Waals surface area contributed by atoms with E-state index in [1.165, 1.54) is 0 Å².